The van der Waals surface area contributed by atoms with Crippen molar-refractivity contribution in [2.75, 3.05) is 0 Å². The molecular formula is C21H17IN-. The van der Waals surface area contributed by atoms with E-state index in [4.69, 9.17) is 0 Å². The van der Waals surface area contributed by atoms with Gasteiger partial charge in [0.25, 0.3) is 0 Å². The molecule has 0 saturated carbocycles. The average molecular weight is 410 g/mol. The molecule has 114 valence electrons. The zero-order valence-corrected chi connectivity index (χ0v) is 15.1. The van der Waals surface area contributed by atoms with E-state index >= 15 is 0 Å². The van der Waals surface area contributed by atoms with Gasteiger partial charge in [-0.1, -0.05) is 0 Å². The van der Waals surface area contributed by atoms with Crippen LogP contribution in [0.2, 0.25) is 0 Å². The van der Waals surface area contributed by atoms with Crippen LogP contribution in [0.1, 0.15) is 11.1 Å². The van der Waals surface area contributed by atoms with E-state index in [0.717, 1.165) is 4.43 Å². The van der Waals surface area contributed by atoms with Gasteiger partial charge in [-0.3, -0.25) is 0 Å². The van der Waals surface area contributed by atoms with Gasteiger partial charge in [-0.25, -0.2) is 0 Å². The van der Waals surface area contributed by atoms with Crippen LogP contribution < -0.4 is 21.2 Å². The van der Waals surface area contributed by atoms with Crippen LogP contribution >= 0.6 is 0 Å². The Labute approximate surface area is 146 Å². The standard InChI is InChI=1S/C21H17IN/c1-15-11-17-5-2-3-7-19(17)18(12-15)13-22-21-8-4-6-16-9-10-23-14-20(16)21/h2-12,14H,13H2,1H3/q-1. The van der Waals surface area contributed by atoms with E-state index in [2.05, 4.69) is 72.6 Å². The van der Waals surface area contributed by atoms with Crippen LogP contribution in [-0.2, 0) is 4.43 Å². The van der Waals surface area contributed by atoms with Crippen molar-refractivity contribution >= 4 is 21.5 Å². The molecule has 23 heavy (non-hydrogen) atoms. The number of fused-ring (bicyclic) bond motifs is 2. The van der Waals surface area contributed by atoms with Gasteiger partial charge in [0.05, 0.1) is 0 Å². The minimum absolute atomic E-state index is 0.0817. The maximum atomic E-state index is 4.31. The molecule has 0 unspecified atom stereocenters. The summed E-state index contributed by atoms with van der Waals surface area (Å²) in [5.41, 5.74) is 2.83. The number of pyridine rings is 1. The Balaban J connectivity index is 1.71. The Morgan fingerprint density at radius 1 is 0.870 bits per heavy atom. The number of aromatic nitrogens is 1. The number of hydrogen-bond acceptors (Lipinski definition) is 1. The summed E-state index contributed by atoms with van der Waals surface area (Å²) in [6, 6.07) is 22.1. The van der Waals surface area contributed by atoms with Crippen LogP contribution in [0.4, 0.5) is 0 Å². The summed E-state index contributed by atoms with van der Waals surface area (Å²) in [6.07, 6.45) is 3.89. The molecule has 2 heteroatoms. The quantitative estimate of drug-likeness (QED) is 0.373. The monoisotopic (exact) mass is 410 g/mol. The molecule has 0 fully saturated rings. The minimum atomic E-state index is -0.0817. The molecule has 0 N–H and O–H groups in total. The molecule has 0 aliphatic carbocycles. The Morgan fingerprint density at radius 2 is 1.74 bits per heavy atom. The second kappa shape index (κ2) is 6.28. The SMILES string of the molecule is Cc1cc(C[I-]c2cccc3ccncc23)c2ccccc2c1. The molecule has 1 aromatic heterocycles. The summed E-state index contributed by atoms with van der Waals surface area (Å²) < 4.78 is 2.65. The molecule has 0 spiro atoms. The summed E-state index contributed by atoms with van der Waals surface area (Å²) in [5.74, 6) is 0. The summed E-state index contributed by atoms with van der Waals surface area (Å²) in [5, 5.41) is 5.37. The van der Waals surface area contributed by atoms with Gasteiger partial charge in [0.1, 0.15) is 0 Å². The third-order valence-electron chi connectivity index (χ3n) is 4.08. The van der Waals surface area contributed by atoms with E-state index in [0.29, 0.717) is 0 Å². The Hall–Kier alpha value is -1.94. The Morgan fingerprint density at radius 3 is 2.70 bits per heavy atom. The van der Waals surface area contributed by atoms with Crippen LogP contribution in [0.5, 0.6) is 0 Å². The normalized spacial score (nSPS) is 11.3. The summed E-state index contributed by atoms with van der Waals surface area (Å²) in [7, 11) is 0. The van der Waals surface area contributed by atoms with Gasteiger partial charge in [0.15, 0.2) is 0 Å². The first-order chi connectivity index (χ1) is 11.3. The van der Waals surface area contributed by atoms with Gasteiger partial charge in [0.2, 0.25) is 0 Å². The first kappa shape index (κ1) is 14.6. The maximum absolute atomic E-state index is 4.31. The van der Waals surface area contributed by atoms with Crippen LogP contribution in [0.25, 0.3) is 21.5 Å². The van der Waals surface area contributed by atoms with Crippen LogP contribution in [-0.4, -0.2) is 4.98 Å². The van der Waals surface area contributed by atoms with Crippen LogP contribution in [0.3, 0.4) is 0 Å². The van der Waals surface area contributed by atoms with Gasteiger partial charge in [0, 0.05) is 0 Å². The molecule has 4 rings (SSSR count). The van der Waals surface area contributed by atoms with Crippen molar-refractivity contribution in [1.82, 2.24) is 4.98 Å². The molecule has 1 nitrogen and oxygen atoms in total. The van der Waals surface area contributed by atoms with Crippen molar-refractivity contribution < 1.29 is 21.2 Å². The molecule has 0 radical (unpaired) electrons. The average Bonchev–Trinajstić information content (AvgIpc) is 2.59. The fourth-order valence-electron chi connectivity index (χ4n) is 3.00. The second-order valence-electron chi connectivity index (χ2n) is 5.75. The predicted molar refractivity (Wildman–Crippen MR) is 92.8 cm³/mol. The fraction of sp³-hybridized carbons (Fsp3) is 0.0952. The van der Waals surface area contributed by atoms with E-state index in [1.54, 1.807) is 0 Å². The molecule has 0 atom stereocenters. The third-order valence-corrected chi connectivity index (χ3v) is 7.04. The molecule has 0 bridgehead atoms. The molecule has 1 heterocycles. The zero-order valence-electron chi connectivity index (χ0n) is 13.0. The summed E-state index contributed by atoms with van der Waals surface area (Å²) in [6.45, 7) is 2.19. The Bertz CT molecular complexity index is 986. The summed E-state index contributed by atoms with van der Waals surface area (Å²) >= 11 is -0.0817. The van der Waals surface area contributed by atoms with E-state index < -0.39 is 0 Å². The topological polar surface area (TPSA) is 12.9 Å². The van der Waals surface area contributed by atoms with Crippen molar-refractivity contribution in [3.63, 3.8) is 0 Å². The van der Waals surface area contributed by atoms with Crippen LogP contribution in [0.15, 0.2) is 73.1 Å². The first-order valence-corrected chi connectivity index (χ1v) is 10.3. The first-order valence-electron chi connectivity index (χ1n) is 7.71. The molecule has 0 amide bonds. The molecule has 0 aliphatic heterocycles. The van der Waals surface area contributed by atoms with Gasteiger partial charge in [-0.15, -0.1) is 0 Å². The van der Waals surface area contributed by atoms with Crippen molar-refractivity contribution in [3.05, 3.63) is 87.8 Å². The van der Waals surface area contributed by atoms with Crippen LogP contribution in [0, 0.1) is 10.5 Å². The van der Waals surface area contributed by atoms with Gasteiger partial charge >= 0.3 is 147 Å². The predicted octanol–water partition coefficient (Wildman–Crippen LogP) is 2.16. The van der Waals surface area contributed by atoms with Crippen molar-refractivity contribution in [3.8, 4) is 0 Å². The van der Waals surface area contributed by atoms with E-state index in [9.17, 15) is 0 Å². The van der Waals surface area contributed by atoms with Crippen molar-refractivity contribution in [2.24, 2.45) is 0 Å². The number of nitrogens with zero attached hydrogens (tertiary/aromatic N) is 1. The third kappa shape index (κ3) is 2.95. The molecule has 3 aromatic carbocycles. The summed E-state index contributed by atoms with van der Waals surface area (Å²) in [4.78, 5) is 4.31. The van der Waals surface area contributed by atoms with Gasteiger partial charge in [-0.2, -0.15) is 0 Å². The van der Waals surface area contributed by atoms with Crippen molar-refractivity contribution in [1.29, 1.82) is 0 Å². The number of hydrogen-bond donors (Lipinski definition) is 0. The van der Waals surface area contributed by atoms with E-state index in [-0.39, 0.29) is 21.2 Å². The van der Waals surface area contributed by atoms with E-state index in [1.165, 1.54) is 36.2 Å². The molecular weight excluding hydrogens is 393 g/mol. The Kier molecular flexibility index (Phi) is 4.00. The molecule has 0 aliphatic rings. The number of aryl methyl sites for hydroxylation is 1. The zero-order chi connectivity index (χ0) is 15.6. The van der Waals surface area contributed by atoms with E-state index in [1.807, 2.05) is 12.4 Å². The molecule has 0 saturated heterocycles. The number of benzene rings is 3. The van der Waals surface area contributed by atoms with Crippen molar-refractivity contribution in [2.45, 2.75) is 11.4 Å². The van der Waals surface area contributed by atoms with Gasteiger partial charge < -0.3 is 0 Å². The second-order valence-corrected chi connectivity index (χ2v) is 8.44. The number of halogens is 1. The van der Waals surface area contributed by atoms with Gasteiger partial charge in [-0.05, 0) is 0 Å². The molecule has 4 aromatic rings. The number of rotatable bonds is 3. The number of alkyl halides is 1. The fourth-order valence-corrected chi connectivity index (χ4v) is 5.78.